The first kappa shape index (κ1) is 11.8. The standard InChI is InChI=1S/C5H10.C3H6N2/c1-4-5(2)3;1-2-5-3-4/h4-5H,1H2,2-3H3;2-4H,1H3. The lowest BCUT2D eigenvalue weighted by atomic mass is 10.2. The Morgan fingerprint density at radius 1 is 1.50 bits per heavy atom. The van der Waals surface area contributed by atoms with Crippen LogP contribution in [-0.2, 0) is 0 Å². The van der Waals surface area contributed by atoms with E-state index < -0.39 is 0 Å². The van der Waals surface area contributed by atoms with Crippen LogP contribution in [0.25, 0.3) is 0 Å². The molecular weight excluding hydrogens is 124 g/mol. The Morgan fingerprint density at radius 2 is 1.90 bits per heavy atom. The molecule has 0 aliphatic carbocycles. The molecular formula is C8H16N2. The lowest BCUT2D eigenvalue weighted by molar-refractivity contribution is 0.835. The molecule has 2 nitrogen and oxygen atoms in total. The minimum absolute atomic E-state index is 0.648. The van der Waals surface area contributed by atoms with E-state index in [9.17, 15) is 0 Å². The Balaban J connectivity index is 0. The molecule has 0 fully saturated rings. The highest BCUT2D eigenvalue weighted by molar-refractivity contribution is 5.68. The normalized spacial score (nSPS) is 8.80. The number of hydrogen-bond donors (Lipinski definition) is 1. The molecule has 0 saturated carbocycles. The minimum Gasteiger partial charge on any atom is -0.290 e. The zero-order valence-electron chi connectivity index (χ0n) is 6.96. The molecule has 0 aromatic carbocycles. The second-order valence-electron chi connectivity index (χ2n) is 2.02. The quantitative estimate of drug-likeness (QED) is 0.347. The molecule has 0 aromatic heterocycles. The minimum atomic E-state index is 0.648. The van der Waals surface area contributed by atoms with Crippen LogP contribution in [0.5, 0.6) is 0 Å². The van der Waals surface area contributed by atoms with Crippen molar-refractivity contribution in [2.75, 3.05) is 0 Å². The predicted octanol–water partition coefficient (Wildman–Crippen LogP) is 2.51. The summed E-state index contributed by atoms with van der Waals surface area (Å²) in [6.07, 6.45) is 4.48. The van der Waals surface area contributed by atoms with Gasteiger partial charge in [-0.1, -0.05) is 19.9 Å². The summed E-state index contributed by atoms with van der Waals surface area (Å²) < 4.78 is 0. The van der Waals surface area contributed by atoms with Crippen LogP contribution in [0.3, 0.4) is 0 Å². The summed E-state index contributed by atoms with van der Waals surface area (Å²) in [5.41, 5.74) is 0. The molecule has 0 saturated heterocycles. The third-order valence-corrected chi connectivity index (χ3v) is 0.695. The fraction of sp³-hybridized carbons (Fsp3) is 0.500. The Labute approximate surface area is 63.2 Å². The Bertz CT molecular complexity index is 104. The van der Waals surface area contributed by atoms with E-state index in [-0.39, 0.29) is 0 Å². The maximum absolute atomic E-state index is 6.28. The second kappa shape index (κ2) is 11.0. The van der Waals surface area contributed by atoms with Crippen molar-refractivity contribution in [1.29, 1.82) is 5.41 Å². The molecule has 0 aromatic rings. The third-order valence-electron chi connectivity index (χ3n) is 0.695. The average molecular weight is 140 g/mol. The molecule has 1 N–H and O–H groups in total. The number of nitrogens with one attached hydrogen (secondary N) is 1. The van der Waals surface area contributed by atoms with Crippen molar-refractivity contribution >= 4 is 12.6 Å². The van der Waals surface area contributed by atoms with Gasteiger partial charge in [0.25, 0.3) is 0 Å². The molecule has 0 unspecified atom stereocenters. The summed E-state index contributed by atoms with van der Waals surface area (Å²) in [5.74, 6) is 0.648. The summed E-state index contributed by atoms with van der Waals surface area (Å²) in [5, 5.41) is 6.28. The van der Waals surface area contributed by atoms with Crippen LogP contribution >= 0.6 is 0 Å². The first-order valence-electron chi connectivity index (χ1n) is 3.28. The summed E-state index contributed by atoms with van der Waals surface area (Å²) in [6, 6.07) is 0. The number of rotatable bonds is 2. The number of allylic oxidation sites excluding steroid dienone is 1. The van der Waals surface area contributed by atoms with Crippen LogP contribution in [0.2, 0.25) is 0 Å². The topological polar surface area (TPSA) is 36.2 Å². The Hall–Kier alpha value is -0.920. The van der Waals surface area contributed by atoms with E-state index in [1.165, 1.54) is 0 Å². The van der Waals surface area contributed by atoms with Gasteiger partial charge in [0.05, 0.1) is 0 Å². The molecule has 2 heteroatoms. The van der Waals surface area contributed by atoms with Gasteiger partial charge in [-0.05, 0) is 12.8 Å². The zero-order valence-corrected chi connectivity index (χ0v) is 6.96. The average Bonchev–Trinajstić information content (AvgIpc) is 1.91. The Kier molecular flexibility index (Phi) is 13.0. The van der Waals surface area contributed by atoms with Crippen LogP contribution in [0.1, 0.15) is 20.8 Å². The van der Waals surface area contributed by atoms with Crippen molar-refractivity contribution in [3.63, 3.8) is 0 Å². The van der Waals surface area contributed by atoms with Crippen LogP contribution in [0, 0.1) is 11.3 Å². The molecule has 0 amide bonds. The predicted molar refractivity (Wildman–Crippen MR) is 48.0 cm³/mol. The molecule has 0 aliphatic heterocycles. The maximum Gasteiger partial charge on any atom is 0.106 e. The summed E-state index contributed by atoms with van der Waals surface area (Å²) in [7, 11) is 0. The van der Waals surface area contributed by atoms with Crippen molar-refractivity contribution in [3.05, 3.63) is 12.7 Å². The van der Waals surface area contributed by atoms with Crippen LogP contribution in [-0.4, -0.2) is 12.6 Å². The van der Waals surface area contributed by atoms with Gasteiger partial charge >= 0.3 is 0 Å². The summed E-state index contributed by atoms with van der Waals surface area (Å²) in [6.45, 7) is 9.54. The Morgan fingerprint density at radius 3 is 1.90 bits per heavy atom. The van der Waals surface area contributed by atoms with Crippen LogP contribution < -0.4 is 0 Å². The highest BCUT2D eigenvalue weighted by Gasteiger charge is 1.73. The van der Waals surface area contributed by atoms with Crippen molar-refractivity contribution < 1.29 is 0 Å². The highest BCUT2D eigenvalue weighted by Crippen LogP contribution is 1.87. The number of aliphatic imine (C=N–C) groups is 1. The van der Waals surface area contributed by atoms with E-state index in [1.54, 1.807) is 13.1 Å². The summed E-state index contributed by atoms with van der Waals surface area (Å²) >= 11 is 0. The van der Waals surface area contributed by atoms with Gasteiger partial charge in [0.2, 0.25) is 0 Å². The molecule has 0 aliphatic rings. The van der Waals surface area contributed by atoms with Gasteiger partial charge in [-0.15, -0.1) is 6.58 Å². The molecule has 58 valence electrons. The smallest absolute Gasteiger partial charge is 0.106 e. The fourth-order valence-electron chi connectivity index (χ4n) is 0.0745. The van der Waals surface area contributed by atoms with Crippen LogP contribution in [0.4, 0.5) is 0 Å². The van der Waals surface area contributed by atoms with E-state index in [0.29, 0.717) is 5.92 Å². The van der Waals surface area contributed by atoms with Gasteiger partial charge < -0.3 is 0 Å². The van der Waals surface area contributed by atoms with E-state index in [2.05, 4.69) is 25.4 Å². The molecule has 0 atom stereocenters. The van der Waals surface area contributed by atoms with Gasteiger partial charge in [0.1, 0.15) is 6.34 Å². The molecule has 0 radical (unpaired) electrons. The van der Waals surface area contributed by atoms with E-state index in [1.807, 2.05) is 6.08 Å². The molecule has 0 heterocycles. The number of nitrogens with zero attached hydrogens (tertiary/aromatic N) is 1. The van der Waals surface area contributed by atoms with Crippen molar-refractivity contribution in [1.82, 2.24) is 0 Å². The maximum atomic E-state index is 6.28. The SMILES string of the molecule is C=CC(C)C.CC=NC=N. The second-order valence-corrected chi connectivity index (χ2v) is 2.02. The van der Waals surface area contributed by atoms with Gasteiger partial charge in [-0.25, -0.2) is 0 Å². The lowest BCUT2D eigenvalue weighted by Crippen LogP contribution is -1.71. The molecule has 0 bridgehead atoms. The third kappa shape index (κ3) is 27.6. The fourth-order valence-corrected chi connectivity index (χ4v) is 0.0745. The first-order valence-corrected chi connectivity index (χ1v) is 3.28. The first-order chi connectivity index (χ1) is 4.68. The van der Waals surface area contributed by atoms with E-state index in [4.69, 9.17) is 5.41 Å². The van der Waals surface area contributed by atoms with Crippen molar-refractivity contribution in [2.24, 2.45) is 10.9 Å². The van der Waals surface area contributed by atoms with Crippen molar-refractivity contribution in [3.8, 4) is 0 Å². The largest absolute Gasteiger partial charge is 0.290 e. The zero-order chi connectivity index (χ0) is 8.41. The number of hydrogen-bond acceptors (Lipinski definition) is 1. The molecule has 0 spiro atoms. The monoisotopic (exact) mass is 140 g/mol. The summed E-state index contributed by atoms with van der Waals surface area (Å²) in [4.78, 5) is 3.39. The van der Waals surface area contributed by atoms with Gasteiger partial charge in [0, 0.05) is 6.21 Å². The van der Waals surface area contributed by atoms with E-state index >= 15 is 0 Å². The molecule has 10 heavy (non-hydrogen) atoms. The van der Waals surface area contributed by atoms with Gasteiger partial charge in [0.15, 0.2) is 0 Å². The van der Waals surface area contributed by atoms with Gasteiger partial charge in [-0.3, -0.25) is 10.4 Å². The van der Waals surface area contributed by atoms with Crippen molar-refractivity contribution in [2.45, 2.75) is 20.8 Å². The van der Waals surface area contributed by atoms with Crippen LogP contribution in [0.15, 0.2) is 17.6 Å². The van der Waals surface area contributed by atoms with E-state index in [0.717, 1.165) is 6.34 Å². The lowest BCUT2D eigenvalue weighted by Gasteiger charge is -1.84. The highest BCUT2D eigenvalue weighted by atomic mass is 14.7. The molecule has 0 rings (SSSR count). The van der Waals surface area contributed by atoms with Gasteiger partial charge in [-0.2, -0.15) is 0 Å².